The summed E-state index contributed by atoms with van der Waals surface area (Å²) in [7, 11) is -1.60. The van der Waals surface area contributed by atoms with Gasteiger partial charge in [0, 0.05) is 59.2 Å². The second-order valence-electron chi connectivity index (χ2n) is 15.2. The van der Waals surface area contributed by atoms with Gasteiger partial charge in [-0.1, -0.05) is 108 Å². The van der Waals surface area contributed by atoms with Crippen molar-refractivity contribution in [2.75, 3.05) is 0 Å². The van der Waals surface area contributed by atoms with Gasteiger partial charge in [0.05, 0.1) is 19.2 Å². The van der Waals surface area contributed by atoms with E-state index in [2.05, 4.69) is 67.1 Å². The molecule has 0 spiro atoms. The Labute approximate surface area is 317 Å². The number of benzene rings is 3. The van der Waals surface area contributed by atoms with Gasteiger partial charge < -0.3 is 9.52 Å². The minimum absolute atomic E-state index is 0. The number of pyridine rings is 1. The van der Waals surface area contributed by atoms with Crippen LogP contribution in [0, 0.1) is 30.7 Å². The molecule has 6 rings (SSSR count). The van der Waals surface area contributed by atoms with Crippen molar-refractivity contribution < 1.29 is 34.4 Å². The minimum Gasteiger partial charge on any atom is -0.512 e. The molecule has 3 aromatic heterocycles. The van der Waals surface area contributed by atoms with Crippen LogP contribution in [0.15, 0.2) is 70.8 Å². The van der Waals surface area contributed by atoms with Gasteiger partial charge in [0.25, 0.3) is 0 Å². The molecule has 51 heavy (non-hydrogen) atoms. The van der Waals surface area contributed by atoms with Crippen molar-refractivity contribution in [3.05, 3.63) is 84.0 Å². The number of ketones is 1. The van der Waals surface area contributed by atoms with E-state index >= 15 is 0 Å². The molecule has 0 saturated carbocycles. The maximum Gasteiger partial charge on any atom is 0.216 e. The molecule has 0 aliphatic rings. The largest absolute Gasteiger partial charge is 0.512 e. The quantitative estimate of drug-likeness (QED) is 0.0512. The zero-order valence-electron chi connectivity index (χ0n) is 32.0. The standard InChI is InChI=1S/C28H24N3OSi.C15H28O2.Ir/c1-16-12-14-20-19-9-7-10-22(27(19)32-28(20)29-16)25-21-15-13-18-8-6-11-23(33(3,4)5)24(18)26(21)31-17(2)30-25;1-7-14(5,8-2)12(16)11-13(17)15(6,9-3)10-4;/h6-9,11-15H,1-5H3;11,16H,7-10H2,1-6H3;/q-1;;/b;12-11-;. The van der Waals surface area contributed by atoms with E-state index in [4.69, 9.17) is 14.4 Å². The second-order valence-corrected chi connectivity index (χ2v) is 20.2. The Balaban J connectivity index is 0.000000279. The molecule has 3 aromatic carbocycles. The molecular weight excluding hydrogens is 827 g/mol. The van der Waals surface area contributed by atoms with E-state index in [0.717, 1.165) is 75.7 Å². The zero-order valence-corrected chi connectivity index (χ0v) is 35.4. The number of nitrogens with zero attached hydrogens (tertiary/aromatic N) is 3. The summed E-state index contributed by atoms with van der Waals surface area (Å²) >= 11 is 0. The number of rotatable bonds is 9. The normalized spacial score (nSPS) is 12.6. The Bertz CT molecular complexity index is 2240. The second kappa shape index (κ2) is 15.5. The fraction of sp³-hybridized carbons (Fsp3) is 0.395. The predicted octanol–water partition coefficient (Wildman–Crippen LogP) is 11.4. The van der Waals surface area contributed by atoms with Crippen molar-refractivity contribution in [2.45, 2.75) is 101 Å². The monoisotopic (exact) mass is 879 g/mol. The summed E-state index contributed by atoms with van der Waals surface area (Å²) in [6.45, 7) is 23.2. The van der Waals surface area contributed by atoms with E-state index in [0.29, 0.717) is 5.71 Å². The first-order chi connectivity index (χ1) is 23.6. The summed E-state index contributed by atoms with van der Waals surface area (Å²) in [5, 5.41) is 17.1. The van der Waals surface area contributed by atoms with E-state index in [1.165, 1.54) is 22.0 Å². The average Bonchev–Trinajstić information content (AvgIpc) is 3.47. The molecule has 1 radical (unpaired) electrons. The molecule has 0 atom stereocenters. The van der Waals surface area contributed by atoms with Crippen LogP contribution in [0.25, 0.3) is 55.0 Å². The van der Waals surface area contributed by atoms with Crippen molar-refractivity contribution >= 4 is 62.8 Å². The summed E-state index contributed by atoms with van der Waals surface area (Å²) in [5.74, 6) is 1.03. The molecule has 0 bridgehead atoms. The Hall–Kier alpha value is -3.71. The number of hydrogen-bond donors (Lipinski definition) is 1. The number of allylic oxidation sites excluding steroid dienone is 2. The molecule has 8 heteroatoms. The van der Waals surface area contributed by atoms with E-state index < -0.39 is 8.07 Å². The molecule has 6 aromatic rings. The SMILES string of the molecule is CCC(C)(CC)C(=O)/C=C(\O)C(C)(CC)CC.Cc1ccc2c(n1)oc1c(-c3nc(C)nc4c3ccc3cccc([Si](C)(C)C)c34)[c-]ccc12.[Ir]. The van der Waals surface area contributed by atoms with Crippen LogP contribution in [0.4, 0.5) is 0 Å². The molecule has 0 fully saturated rings. The molecule has 1 N–H and O–H groups in total. The Morgan fingerprint density at radius 1 is 0.843 bits per heavy atom. The predicted molar refractivity (Wildman–Crippen MR) is 212 cm³/mol. The van der Waals surface area contributed by atoms with Gasteiger partial charge in [0.1, 0.15) is 11.6 Å². The van der Waals surface area contributed by atoms with Crippen molar-refractivity contribution in [1.29, 1.82) is 0 Å². The van der Waals surface area contributed by atoms with Crippen molar-refractivity contribution in [2.24, 2.45) is 10.8 Å². The summed E-state index contributed by atoms with van der Waals surface area (Å²) in [6, 6.07) is 22.4. The van der Waals surface area contributed by atoms with Crippen LogP contribution in [0.1, 0.15) is 78.7 Å². The fourth-order valence-corrected chi connectivity index (χ4v) is 8.07. The van der Waals surface area contributed by atoms with Crippen molar-refractivity contribution in [1.82, 2.24) is 15.0 Å². The van der Waals surface area contributed by atoms with Gasteiger partial charge in [-0.05, 0) is 62.4 Å². The average molecular weight is 879 g/mol. The maximum atomic E-state index is 12.2. The van der Waals surface area contributed by atoms with Crippen LogP contribution in [0.3, 0.4) is 0 Å². The van der Waals surface area contributed by atoms with Gasteiger partial charge in [0.2, 0.25) is 5.71 Å². The summed E-state index contributed by atoms with van der Waals surface area (Å²) in [5.41, 5.74) is 4.45. The molecular formula is C43H52IrN3O3Si-. The van der Waals surface area contributed by atoms with E-state index in [-0.39, 0.29) is 42.5 Å². The third kappa shape index (κ3) is 7.74. The number of carbonyl (C=O) groups is 1. The Morgan fingerprint density at radius 3 is 2.12 bits per heavy atom. The number of aliphatic hydroxyl groups is 1. The fourth-order valence-electron chi connectivity index (χ4n) is 6.47. The molecule has 271 valence electrons. The molecule has 6 nitrogen and oxygen atoms in total. The first kappa shape index (κ1) is 40.1. The van der Waals surface area contributed by atoms with Crippen LogP contribution in [0.2, 0.25) is 19.6 Å². The van der Waals surface area contributed by atoms with Crippen molar-refractivity contribution in [3.63, 3.8) is 0 Å². The number of aliphatic hydroxyl groups excluding tert-OH is 1. The van der Waals surface area contributed by atoms with Gasteiger partial charge in [-0.3, -0.25) is 9.78 Å². The maximum absolute atomic E-state index is 12.2. The Morgan fingerprint density at radius 2 is 1.49 bits per heavy atom. The minimum atomic E-state index is -1.60. The van der Waals surface area contributed by atoms with Crippen LogP contribution in [0.5, 0.6) is 0 Å². The number of carbonyl (C=O) groups excluding carboxylic acids is 1. The number of fused-ring (bicyclic) bond motifs is 6. The summed E-state index contributed by atoms with van der Waals surface area (Å²) < 4.78 is 6.28. The number of hydrogen-bond acceptors (Lipinski definition) is 6. The smallest absolute Gasteiger partial charge is 0.216 e. The van der Waals surface area contributed by atoms with Crippen molar-refractivity contribution in [3.8, 4) is 11.3 Å². The van der Waals surface area contributed by atoms with Crippen LogP contribution in [-0.4, -0.2) is 33.9 Å². The molecule has 0 unspecified atom stereocenters. The number of aryl methyl sites for hydroxylation is 2. The van der Waals surface area contributed by atoms with E-state index in [1.54, 1.807) is 0 Å². The van der Waals surface area contributed by atoms with Gasteiger partial charge in [-0.25, -0.2) is 9.97 Å². The third-order valence-corrected chi connectivity index (χ3v) is 12.9. The zero-order chi connectivity index (χ0) is 36.6. The van der Waals surface area contributed by atoms with Gasteiger partial charge in [-0.15, -0.1) is 18.2 Å². The van der Waals surface area contributed by atoms with Gasteiger partial charge in [0.15, 0.2) is 5.78 Å². The third-order valence-electron chi connectivity index (χ3n) is 10.9. The number of aromatic nitrogens is 3. The van der Waals surface area contributed by atoms with Crippen LogP contribution >= 0.6 is 0 Å². The van der Waals surface area contributed by atoms with Gasteiger partial charge in [-0.2, -0.15) is 0 Å². The molecule has 0 aliphatic carbocycles. The van der Waals surface area contributed by atoms with E-state index in [9.17, 15) is 9.90 Å². The first-order valence-corrected chi connectivity index (χ1v) is 21.5. The molecule has 0 saturated heterocycles. The molecule has 0 aliphatic heterocycles. The van der Waals surface area contributed by atoms with Crippen LogP contribution in [-0.2, 0) is 24.9 Å². The number of furan rings is 1. The van der Waals surface area contributed by atoms with Gasteiger partial charge >= 0.3 is 0 Å². The summed E-state index contributed by atoms with van der Waals surface area (Å²) in [6.07, 6.45) is 4.75. The summed E-state index contributed by atoms with van der Waals surface area (Å²) in [4.78, 5) is 26.6. The topological polar surface area (TPSA) is 89.1 Å². The molecule has 0 amide bonds. The first-order valence-electron chi connectivity index (χ1n) is 18.0. The van der Waals surface area contributed by atoms with E-state index in [1.807, 2.05) is 73.6 Å². The van der Waals surface area contributed by atoms with Crippen LogP contribution < -0.4 is 5.19 Å². The Kier molecular flexibility index (Phi) is 12.2. The molecule has 3 heterocycles.